The van der Waals surface area contributed by atoms with Gasteiger partial charge < -0.3 is 9.47 Å². The van der Waals surface area contributed by atoms with Gasteiger partial charge in [-0.2, -0.15) is 8.42 Å². The zero-order chi connectivity index (χ0) is 18.5. The first kappa shape index (κ1) is 19.1. The fourth-order valence-corrected chi connectivity index (χ4v) is 2.73. The molecule has 0 N–H and O–H groups in total. The maximum Gasteiger partial charge on any atom is 0.573 e. The van der Waals surface area contributed by atoms with Crippen LogP contribution in [-0.2, 0) is 14.3 Å². The highest BCUT2D eigenvalue weighted by atomic mass is 32.2. The smallest absolute Gasteiger partial charge is 0.491 e. The van der Waals surface area contributed by atoms with Gasteiger partial charge in [-0.05, 0) is 31.2 Å². The third kappa shape index (κ3) is 6.28. The molecule has 0 spiro atoms. The van der Waals surface area contributed by atoms with Crippen molar-refractivity contribution in [1.29, 1.82) is 0 Å². The molecule has 0 radical (unpaired) electrons. The van der Waals surface area contributed by atoms with Crippen LogP contribution in [0.4, 0.5) is 13.2 Å². The number of aryl methyl sites for hydroxylation is 1. The molecule has 0 fully saturated rings. The molecule has 0 aliphatic carbocycles. The van der Waals surface area contributed by atoms with E-state index in [1.54, 1.807) is 12.1 Å². The second kappa shape index (κ2) is 7.75. The summed E-state index contributed by atoms with van der Waals surface area (Å²) in [6.45, 7) is 1.36. The first-order valence-corrected chi connectivity index (χ1v) is 8.51. The van der Waals surface area contributed by atoms with Gasteiger partial charge in [0.25, 0.3) is 10.1 Å². The van der Waals surface area contributed by atoms with E-state index < -0.39 is 22.2 Å². The fourth-order valence-electron chi connectivity index (χ4n) is 1.84. The first-order valence-electron chi connectivity index (χ1n) is 7.10. The molecule has 2 aromatic rings. The minimum absolute atomic E-state index is 0.0127. The topological polar surface area (TPSA) is 61.8 Å². The monoisotopic (exact) mass is 376 g/mol. The van der Waals surface area contributed by atoms with Gasteiger partial charge in [0.05, 0.1) is 4.90 Å². The average Bonchev–Trinajstić information content (AvgIpc) is 2.51. The van der Waals surface area contributed by atoms with Gasteiger partial charge in [-0.25, -0.2) is 0 Å². The molecular formula is C16H15F3O5S. The summed E-state index contributed by atoms with van der Waals surface area (Å²) in [4.78, 5) is 0.0127. The minimum Gasteiger partial charge on any atom is -0.491 e. The standard InChI is InChI=1S/C16H15F3O5S/c1-12-5-7-15(8-6-12)25(20,21)23-10-9-22-13-3-2-4-14(11-13)24-16(17,18)19/h2-8,11H,9-10H2,1H3. The van der Waals surface area contributed by atoms with Crippen molar-refractivity contribution < 1.29 is 35.2 Å². The Morgan fingerprint density at radius 3 is 2.24 bits per heavy atom. The largest absolute Gasteiger partial charge is 0.573 e. The van der Waals surface area contributed by atoms with Crippen molar-refractivity contribution in [3.05, 3.63) is 54.1 Å². The molecular weight excluding hydrogens is 361 g/mol. The van der Waals surface area contributed by atoms with Gasteiger partial charge in [0.1, 0.15) is 24.7 Å². The number of halogens is 3. The van der Waals surface area contributed by atoms with Crippen LogP contribution in [0.15, 0.2) is 53.4 Å². The number of rotatable bonds is 7. The Kier molecular flexibility index (Phi) is 5.91. The quantitative estimate of drug-likeness (QED) is 0.545. The van der Waals surface area contributed by atoms with Gasteiger partial charge in [-0.15, -0.1) is 13.2 Å². The minimum atomic E-state index is -4.80. The predicted molar refractivity (Wildman–Crippen MR) is 82.9 cm³/mol. The molecule has 0 saturated heterocycles. The van der Waals surface area contributed by atoms with Gasteiger partial charge >= 0.3 is 6.36 Å². The second-order valence-electron chi connectivity index (χ2n) is 4.96. The zero-order valence-corrected chi connectivity index (χ0v) is 13.9. The highest BCUT2D eigenvalue weighted by molar-refractivity contribution is 7.86. The van der Waals surface area contributed by atoms with Crippen molar-refractivity contribution in [2.24, 2.45) is 0 Å². The molecule has 0 atom stereocenters. The third-order valence-corrected chi connectivity index (χ3v) is 4.27. The Morgan fingerprint density at radius 1 is 0.960 bits per heavy atom. The van der Waals surface area contributed by atoms with E-state index in [4.69, 9.17) is 8.92 Å². The average molecular weight is 376 g/mol. The molecule has 0 unspecified atom stereocenters. The Hall–Kier alpha value is -2.26. The molecule has 2 rings (SSSR count). The highest BCUT2D eigenvalue weighted by Gasteiger charge is 2.31. The van der Waals surface area contributed by atoms with Crippen LogP contribution in [0.5, 0.6) is 11.5 Å². The number of hydrogen-bond donors (Lipinski definition) is 0. The van der Waals surface area contributed by atoms with Crippen LogP contribution in [0.2, 0.25) is 0 Å². The van der Waals surface area contributed by atoms with E-state index in [9.17, 15) is 21.6 Å². The summed E-state index contributed by atoms with van der Waals surface area (Å²) in [5, 5.41) is 0. The van der Waals surface area contributed by atoms with Crippen molar-refractivity contribution in [1.82, 2.24) is 0 Å². The lowest BCUT2D eigenvalue weighted by Gasteiger charge is -2.11. The van der Waals surface area contributed by atoms with Crippen LogP contribution in [0.1, 0.15) is 5.56 Å². The van der Waals surface area contributed by atoms with E-state index in [0.717, 1.165) is 17.7 Å². The number of benzene rings is 2. The lowest BCUT2D eigenvalue weighted by Crippen LogP contribution is -2.17. The van der Waals surface area contributed by atoms with Gasteiger partial charge in [-0.3, -0.25) is 4.18 Å². The van der Waals surface area contributed by atoms with Crippen LogP contribution in [0, 0.1) is 6.92 Å². The summed E-state index contributed by atoms with van der Waals surface area (Å²) in [7, 11) is -3.92. The third-order valence-electron chi connectivity index (χ3n) is 2.94. The van der Waals surface area contributed by atoms with E-state index >= 15 is 0 Å². The number of ether oxygens (including phenoxy) is 2. The van der Waals surface area contributed by atoms with Crippen LogP contribution in [-0.4, -0.2) is 28.0 Å². The van der Waals surface area contributed by atoms with Gasteiger partial charge in [0, 0.05) is 6.07 Å². The first-order chi connectivity index (χ1) is 11.7. The Bertz CT molecular complexity index is 801. The van der Waals surface area contributed by atoms with Gasteiger partial charge in [0.15, 0.2) is 0 Å². The number of hydrogen-bond acceptors (Lipinski definition) is 5. The van der Waals surface area contributed by atoms with Crippen molar-refractivity contribution in [3.8, 4) is 11.5 Å². The molecule has 0 bridgehead atoms. The predicted octanol–water partition coefficient (Wildman–Crippen LogP) is 3.68. The maximum atomic E-state index is 12.1. The van der Waals surface area contributed by atoms with Crippen LogP contribution < -0.4 is 9.47 Å². The Morgan fingerprint density at radius 2 is 1.60 bits per heavy atom. The Balaban J connectivity index is 1.87. The normalized spacial score (nSPS) is 12.0. The van der Waals surface area contributed by atoms with E-state index in [2.05, 4.69) is 4.74 Å². The fraction of sp³-hybridized carbons (Fsp3) is 0.250. The summed E-state index contributed by atoms with van der Waals surface area (Å²) in [6, 6.07) is 11.0. The SMILES string of the molecule is Cc1ccc(S(=O)(=O)OCCOc2cccc(OC(F)(F)F)c2)cc1. The van der Waals surface area contributed by atoms with Crippen molar-refractivity contribution in [2.45, 2.75) is 18.2 Å². The van der Waals surface area contributed by atoms with Crippen LogP contribution in [0.25, 0.3) is 0 Å². The van der Waals surface area contributed by atoms with Crippen molar-refractivity contribution in [2.75, 3.05) is 13.2 Å². The Labute approximate surface area is 143 Å². The van der Waals surface area contributed by atoms with Gasteiger partial charge in [-0.1, -0.05) is 23.8 Å². The summed E-state index contributed by atoms with van der Waals surface area (Å²) >= 11 is 0. The molecule has 0 aliphatic rings. The summed E-state index contributed by atoms with van der Waals surface area (Å²) in [6.07, 6.45) is -4.80. The lowest BCUT2D eigenvalue weighted by molar-refractivity contribution is -0.274. The van der Waals surface area contributed by atoms with Gasteiger partial charge in [0.2, 0.25) is 0 Å². The molecule has 0 aromatic heterocycles. The highest BCUT2D eigenvalue weighted by Crippen LogP contribution is 2.26. The summed E-state index contributed by atoms with van der Waals surface area (Å²) in [5.74, 6) is -0.337. The van der Waals surface area contributed by atoms with E-state index in [1.165, 1.54) is 24.3 Å². The molecule has 2 aromatic carbocycles. The molecule has 136 valence electrons. The second-order valence-corrected chi connectivity index (χ2v) is 6.58. The molecule has 0 amide bonds. The molecule has 0 heterocycles. The number of alkyl halides is 3. The maximum absolute atomic E-state index is 12.1. The molecule has 25 heavy (non-hydrogen) atoms. The lowest BCUT2D eigenvalue weighted by atomic mass is 10.2. The molecule has 5 nitrogen and oxygen atoms in total. The van der Waals surface area contributed by atoms with Crippen LogP contribution >= 0.6 is 0 Å². The van der Waals surface area contributed by atoms with E-state index in [1.807, 2.05) is 6.92 Å². The van der Waals surface area contributed by atoms with E-state index in [0.29, 0.717) is 0 Å². The zero-order valence-electron chi connectivity index (χ0n) is 13.1. The van der Waals surface area contributed by atoms with E-state index in [-0.39, 0.29) is 23.9 Å². The molecule has 9 heteroatoms. The van der Waals surface area contributed by atoms with Crippen molar-refractivity contribution >= 4 is 10.1 Å². The van der Waals surface area contributed by atoms with Crippen LogP contribution in [0.3, 0.4) is 0 Å². The molecule has 0 aliphatic heterocycles. The summed E-state index contributed by atoms with van der Waals surface area (Å²) in [5.41, 5.74) is 0.906. The summed E-state index contributed by atoms with van der Waals surface area (Å²) < 4.78 is 74.1. The molecule has 0 saturated carbocycles. The van der Waals surface area contributed by atoms with Crippen molar-refractivity contribution in [3.63, 3.8) is 0 Å².